The van der Waals surface area contributed by atoms with Crippen LogP contribution in [-0.2, 0) is 6.18 Å². The van der Waals surface area contributed by atoms with Gasteiger partial charge in [0.05, 0.1) is 22.3 Å². The largest absolute Gasteiger partial charge is 0.456 e. The zero-order valence-electron chi connectivity index (χ0n) is 15.3. The van der Waals surface area contributed by atoms with E-state index >= 15 is 0 Å². The Bertz CT molecular complexity index is 1340. The molecule has 0 unspecified atom stereocenters. The molecule has 0 aliphatic carbocycles. The number of hydrogen-bond acceptors (Lipinski definition) is 3. The number of rotatable bonds is 3. The lowest BCUT2D eigenvalue weighted by Crippen LogP contribution is -2.25. The van der Waals surface area contributed by atoms with Crippen molar-refractivity contribution < 1.29 is 35.9 Å². The number of fused-ring (bicyclic) bond motifs is 3. The number of ketones is 2. The first-order valence-corrected chi connectivity index (χ1v) is 8.71. The molecule has 0 saturated heterocycles. The van der Waals surface area contributed by atoms with Gasteiger partial charge in [-0.05, 0) is 18.2 Å². The Labute approximate surface area is 169 Å². The second-order valence-electron chi connectivity index (χ2n) is 6.60. The molecule has 3 aromatic heterocycles. The van der Waals surface area contributed by atoms with Gasteiger partial charge in [0.15, 0.2) is 5.78 Å². The minimum Gasteiger partial charge on any atom is -0.305 e. The summed E-state index contributed by atoms with van der Waals surface area (Å²) >= 11 is 0. The molecule has 0 aliphatic rings. The van der Waals surface area contributed by atoms with Crippen molar-refractivity contribution in [1.29, 1.82) is 0 Å². The van der Waals surface area contributed by atoms with Crippen LogP contribution in [0.1, 0.15) is 32.0 Å². The lowest BCUT2D eigenvalue weighted by atomic mass is 9.94. The Hall–Kier alpha value is -3.69. The topological polar surface area (TPSA) is 51.4 Å². The smallest absolute Gasteiger partial charge is 0.305 e. The lowest BCUT2D eigenvalue weighted by molar-refractivity contribution is -0.136. The number of pyridine rings is 2. The molecule has 10 heteroatoms. The van der Waals surface area contributed by atoms with E-state index in [0.29, 0.717) is 10.5 Å². The molecule has 0 N–H and O–H groups in total. The Morgan fingerprint density at radius 3 is 2.13 bits per heavy atom. The van der Waals surface area contributed by atoms with Crippen molar-refractivity contribution in [3.63, 3.8) is 0 Å². The minimum atomic E-state index is -5.30. The first-order valence-electron chi connectivity index (χ1n) is 8.71. The highest BCUT2D eigenvalue weighted by Crippen LogP contribution is 2.41. The van der Waals surface area contributed by atoms with Crippen LogP contribution in [0, 0.1) is 0 Å². The third kappa shape index (κ3) is 3.33. The van der Waals surface area contributed by atoms with Gasteiger partial charge in [0, 0.05) is 28.9 Å². The van der Waals surface area contributed by atoms with Gasteiger partial charge >= 0.3 is 12.4 Å². The number of Topliss-reactive ketones (excluding diaryl/α,β-unsaturated/α-hetero) is 1. The monoisotopic (exact) mass is 436 g/mol. The van der Waals surface area contributed by atoms with E-state index in [0.717, 1.165) is 24.5 Å². The fraction of sp³-hybridized carbons (Fsp3) is 0.0952. The molecule has 0 amide bonds. The second kappa shape index (κ2) is 6.93. The molecule has 0 saturated carbocycles. The standard InChI is InChI=1S/C21H10F6N2O2/c22-20(23,24)17-14-6-7-15(19(31)21(25,26)27)29(14)13-8-9-28-10-12(13)16(17)18(30)11-4-2-1-3-5-11/h1-10H. The van der Waals surface area contributed by atoms with Crippen molar-refractivity contribution in [3.05, 3.63) is 83.3 Å². The van der Waals surface area contributed by atoms with Crippen LogP contribution in [0.4, 0.5) is 26.3 Å². The summed E-state index contributed by atoms with van der Waals surface area (Å²) in [6.07, 6.45) is -8.30. The molecule has 0 atom stereocenters. The normalized spacial score (nSPS) is 12.5. The maximum atomic E-state index is 14.1. The first kappa shape index (κ1) is 20.6. The Kier molecular flexibility index (Phi) is 4.60. The third-order valence-corrected chi connectivity index (χ3v) is 4.73. The highest BCUT2D eigenvalue weighted by Gasteiger charge is 2.44. The van der Waals surface area contributed by atoms with Crippen molar-refractivity contribution in [2.24, 2.45) is 0 Å². The maximum Gasteiger partial charge on any atom is 0.456 e. The Morgan fingerprint density at radius 1 is 0.839 bits per heavy atom. The number of hydrogen-bond donors (Lipinski definition) is 0. The van der Waals surface area contributed by atoms with Crippen LogP contribution in [0.3, 0.4) is 0 Å². The van der Waals surface area contributed by atoms with Gasteiger partial charge in [-0.2, -0.15) is 26.3 Å². The summed E-state index contributed by atoms with van der Waals surface area (Å²) in [6, 6.07) is 9.73. The van der Waals surface area contributed by atoms with Crippen LogP contribution in [0.5, 0.6) is 0 Å². The SMILES string of the molecule is O=C(c1ccccc1)c1c(C(F)(F)F)c2ccc(C(=O)C(F)(F)F)n2c2ccncc12. The second-order valence-corrected chi connectivity index (χ2v) is 6.60. The average molecular weight is 436 g/mol. The van der Waals surface area contributed by atoms with Crippen LogP contribution in [-0.4, -0.2) is 27.1 Å². The number of halogens is 6. The van der Waals surface area contributed by atoms with E-state index in [9.17, 15) is 35.9 Å². The van der Waals surface area contributed by atoms with Crippen LogP contribution in [0.25, 0.3) is 16.4 Å². The van der Waals surface area contributed by atoms with Gasteiger partial charge in [0.25, 0.3) is 5.78 Å². The number of carbonyl (C=O) groups excluding carboxylic acids is 2. The molecule has 4 aromatic rings. The summed E-state index contributed by atoms with van der Waals surface area (Å²) in [5, 5.41) is -0.330. The quantitative estimate of drug-likeness (QED) is 0.316. The predicted molar refractivity (Wildman–Crippen MR) is 98.0 cm³/mol. The summed E-state index contributed by atoms with van der Waals surface area (Å²) in [4.78, 5) is 28.7. The van der Waals surface area contributed by atoms with Crippen molar-refractivity contribution in [3.8, 4) is 0 Å². The molecular formula is C21H10F6N2O2. The van der Waals surface area contributed by atoms with E-state index in [1.165, 1.54) is 24.3 Å². The van der Waals surface area contributed by atoms with E-state index in [4.69, 9.17) is 0 Å². The van der Waals surface area contributed by atoms with Crippen molar-refractivity contribution in [1.82, 2.24) is 9.38 Å². The van der Waals surface area contributed by atoms with Gasteiger partial charge < -0.3 is 4.40 Å². The van der Waals surface area contributed by atoms with Gasteiger partial charge in [0.2, 0.25) is 0 Å². The summed E-state index contributed by atoms with van der Waals surface area (Å²) in [5.41, 5.74) is -4.15. The van der Waals surface area contributed by atoms with Crippen LogP contribution in [0.2, 0.25) is 0 Å². The summed E-state index contributed by atoms with van der Waals surface area (Å²) in [6.45, 7) is 0. The number of nitrogens with zero attached hydrogens (tertiary/aromatic N) is 2. The summed E-state index contributed by atoms with van der Waals surface area (Å²) in [7, 11) is 0. The molecule has 0 fully saturated rings. The summed E-state index contributed by atoms with van der Waals surface area (Å²) in [5.74, 6) is -3.28. The van der Waals surface area contributed by atoms with Gasteiger partial charge in [0.1, 0.15) is 0 Å². The number of benzene rings is 1. The third-order valence-electron chi connectivity index (χ3n) is 4.73. The molecule has 3 heterocycles. The van der Waals surface area contributed by atoms with E-state index in [1.807, 2.05) is 0 Å². The predicted octanol–water partition coefficient (Wildman–Crippen LogP) is 5.48. The minimum absolute atomic E-state index is 0.0411. The number of carbonyl (C=O) groups is 2. The van der Waals surface area contributed by atoms with Crippen molar-refractivity contribution >= 4 is 28.0 Å². The molecule has 4 nitrogen and oxygen atoms in total. The van der Waals surface area contributed by atoms with Gasteiger partial charge in [-0.1, -0.05) is 30.3 Å². The lowest BCUT2D eigenvalue weighted by Gasteiger charge is -2.19. The molecule has 158 valence electrons. The van der Waals surface area contributed by atoms with Crippen LogP contribution >= 0.6 is 0 Å². The highest BCUT2D eigenvalue weighted by molar-refractivity contribution is 6.18. The molecule has 0 spiro atoms. The zero-order chi connectivity index (χ0) is 22.6. The van der Waals surface area contributed by atoms with E-state index in [1.54, 1.807) is 6.07 Å². The molecule has 0 radical (unpaired) electrons. The van der Waals surface area contributed by atoms with Crippen LogP contribution < -0.4 is 0 Å². The van der Waals surface area contributed by atoms with E-state index in [2.05, 4.69) is 4.98 Å². The molecule has 0 bridgehead atoms. The Balaban J connectivity index is 2.19. The van der Waals surface area contributed by atoms with Crippen molar-refractivity contribution in [2.45, 2.75) is 12.4 Å². The fourth-order valence-corrected chi connectivity index (χ4v) is 3.51. The first-order chi connectivity index (χ1) is 14.5. The van der Waals surface area contributed by atoms with Gasteiger partial charge in [-0.15, -0.1) is 0 Å². The van der Waals surface area contributed by atoms with Crippen molar-refractivity contribution in [2.75, 3.05) is 0 Å². The maximum absolute atomic E-state index is 14.1. The average Bonchev–Trinajstić information content (AvgIpc) is 3.15. The summed E-state index contributed by atoms with van der Waals surface area (Å²) < 4.78 is 82.1. The Morgan fingerprint density at radius 2 is 1.52 bits per heavy atom. The van der Waals surface area contributed by atoms with Gasteiger partial charge in [-0.3, -0.25) is 14.6 Å². The zero-order valence-corrected chi connectivity index (χ0v) is 15.3. The fourth-order valence-electron chi connectivity index (χ4n) is 3.51. The molecule has 0 aliphatic heterocycles. The van der Waals surface area contributed by atoms with Gasteiger partial charge in [-0.25, -0.2) is 0 Å². The number of alkyl halides is 6. The molecule has 4 rings (SSSR count). The van der Waals surface area contributed by atoms with E-state index < -0.39 is 46.3 Å². The molecule has 1 aromatic carbocycles. The molecule has 31 heavy (non-hydrogen) atoms. The number of aromatic nitrogens is 2. The van der Waals surface area contributed by atoms with E-state index in [-0.39, 0.29) is 16.5 Å². The molecular weight excluding hydrogens is 426 g/mol. The highest BCUT2D eigenvalue weighted by atomic mass is 19.4. The van der Waals surface area contributed by atoms with Crippen LogP contribution in [0.15, 0.2) is 60.9 Å².